The van der Waals surface area contributed by atoms with Gasteiger partial charge in [0.15, 0.2) is 0 Å². The number of fused-ring (bicyclic) bond motifs is 18. The van der Waals surface area contributed by atoms with E-state index in [0.29, 0.717) is 23.7 Å². The zero-order chi connectivity index (χ0) is 22.2. The first-order chi connectivity index (χ1) is 16.8. The van der Waals surface area contributed by atoms with E-state index in [2.05, 4.69) is 109 Å². The Balaban J connectivity index is 1.44. The lowest BCUT2D eigenvalue weighted by Crippen LogP contribution is -2.02. The van der Waals surface area contributed by atoms with Crippen LogP contribution in [0.5, 0.6) is 0 Å². The third-order valence-electron chi connectivity index (χ3n) is 8.41. The number of allylic oxidation sites excluding steroid dienone is 8. The Hall–Kier alpha value is -3.82. The molecule has 5 aliphatic rings. The Morgan fingerprint density at radius 1 is 0.441 bits per heavy atom. The molecule has 160 valence electrons. The molecule has 0 aliphatic heterocycles. The van der Waals surface area contributed by atoms with E-state index < -0.39 is 0 Å². The molecule has 0 amide bonds. The van der Waals surface area contributed by atoms with Gasteiger partial charge in [-0.05, 0) is 87.7 Å². The molecule has 3 aromatic carbocycles. The van der Waals surface area contributed by atoms with Crippen LogP contribution in [0.4, 0.5) is 0 Å². The van der Waals surface area contributed by atoms with Crippen molar-refractivity contribution in [1.82, 2.24) is 0 Å². The van der Waals surface area contributed by atoms with Crippen LogP contribution in [-0.4, -0.2) is 0 Å². The van der Waals surface area contributed by atoms with Crippen LogP contribution in [0.2, 0.25) is 0 Å². The SMILES string of the molecule is C1#Cc2cccc(c2)C2=C(c3cccc(c3)C3=C(c4cccc1c4)[C@@H]1C=C[C@H]3C1)[C@@H]1C=C[C@H]2C1. The first-order valence-corrected chi connectivity index (χ1v) is 12.5. The van der Waals surface area contributed by atoms with Crippen molar-refractivity contribution in [2.75, 3.05) is 0 Å². The molecule has 10 bridgehead atoms. The molecule has 0 nitrogen and oxygen atoms in total. The Labute approximate surface area is 201 Å². The molecular formula is C34H24. The fourth-order valence-corrected chi connectivity index (χ4v) is 7.06. The lowest BCUT2D eigenvalue weighted by molar-refractivity contribution is 0.745. The van der Waals surface area contributed by atoms with Gasteiger partial charge in [0.25, 0.3) is 0 Å². The predicted molar refractivity (Wildman–Crippen MR) is 140 cm³/mol. The first kappa shape index (κ1) is 18.6. The summed E-state index contributed by atoms with van der Waals surface area (Å²) in [6.07, 6.45) is 12.1. The molecule has 0 aromatic heterocycles. The summed E-state index contributed by atoms with van der Waals surface area (Å²) in [6, 6.07) is 27.2. The highest BCUT2D eigenvalue weighted by Gasteiger charge is 2.38. The van der Waals surface area contributed by atoms with E-state index in [9.17, 15) is 0 Å². The minimum atomic E-state index is 0.512. The lowest BCUT2D eigenvalue weighted by atomic mass is 9.83. The van der Waals surface area contributed by atoms with Crippen LogP contribution in [0.1, 0.15) is 46.2 Å². The quantitative estimate of drug-likeness (QED) is 0.253. The van der Waals surface area contributed by atoms with Gasteiger partial charge in [-0.25, -0.2) is 0 Å². The molecule has 5 aliphatic carbocycles. The molecule has 3 aromatic rings. The molecule has 0 heterocycles. The summed E-state index contributed by atoms with van der Waals surface area (Å²) >= 11 is 0. The van der Waals surface area contributed by atoms with Gasteiger partial charge in [-0.1, -0.05) is 78.6 Å². The van der Waals surface area contributed by atoms with E-state index in [4.69, 9.17) is 0 Å². The van der Waals surface area contributed by atoms with E-state index >= 15 is 0 Å². The smallest absolute Gasteiger partial charge is 0.0255 e. The van der Waals surface area contributed by atoms with E-state index in [1.165, 1.54) is 57.4 Å². The van der Waals surface area contributed by atoms with Crippen molar-refractivity contribution in [3.05, 3.63) is 130 Å². The topological polar surface area (TPSA) is 0 Å². The molecule has 8 rings (SSSR count). The molecule has 34 heavy (non-hydrogen) atoms. The fraction of sp³-hybridized carbons (Fsp3) is 0.176. The van der Waals surface area contributed by atoms with Gasteiger partial charge in [0.1, 0.15) is 0 Å². The Morgan fingerprint density at radius 2 is 0.794 bits per heavy atom. The Kier molecular flexibility index (Phi) is 3.74. The van der Waals surface area contributed by atoms with Gasteiger partial charge in [0.05, 0.1) is 0 Å². The second-order valence-corrected chi connectivity index (χ2v) is 10.3. The van der Waals surface area contributed by atoms with Crippen LogP contribution in [0.15, 0.2) is 97.1 Å². The maximum absolute atomic E-state index is 3.47. The summed E-state index contributed by atoms with van der Waals surface area (Å²) in [5, 5.41) is 0. The van der Waals surface area contributed by atoms with Crippen molar-refractivity contribution in [2.45, 2.75) is 12.8 Å². The third-order valence-corrected chi connectivity index (χ3v) is 8.41. The molecule has 4 atom stereocenters. The highest BCUT2D eigenvalue weighted by molar-refractivity contribution is 6.01. The third kappa shape index (κ3) is 2.62. The highest BCUT2D eigenvalue weighted by atomic mass is 14.4. The van der Waals surface area contributed by atoms with Crippen molar-refractivity contribution in [2.24, 2.45) is 23.7 Å². The molecule has 0 spiro atoms. The van der Waals surface area contributed by atoms with Crippen molar-refractivity contribution in [3.63, 3.8) is 0 Å². The number of hydrogen-bond donors (Lipinski definition) is 0. The number of hydrogen-bond acceptors (Lipinski definition) is 0. The van der Waals surface area contributed by atoms with Gasteiger partial charge in [-0.2, -0.15) is 0 Å². The summed E-state index contributed by atoms with van der Waals surface area (Å²) < 4.78 is 0. The molecule has 0 unspecified atom stereocenters. The van der Waals surface area contributed by atoms with Crippen LogP contribution in [-0.2, 0) is 0 Å². The van der Waals surface area contributed by atoms with Gasteiger partial charge in [0, 0.05) is 34.8 Å². The largest absolute Gasteiger partial charge is 0.0803 e. The zero-order valence-corrected chi connectivity index (χ0v) is 19.0. The Morgan fingerprint density at radius 3 is 1.21 bits per heavy atom. The van der Waals surface area contributed by atoms with E-state index in [1.807, 2.05) is 0 Å². The second kappa shape index (κ2) is 6.85. The zero-order valence-electron chi connectivity index (χ0n) is 19.0. The van der Waals surface area contributed by atoms with Crippen LogP contribution in [0.25, 0.3) is 22.3 Å². The van der Waals surface area contributed by atoms with Gasteiger partial charge in [-0.3, -0.25) is 0 Å². The molecule has 0 saturated carbocycles. The lowest BCUT2D eigenvalue weighted by Gasteiger charge is -2.21. The van der Waals surface area contributed by atoms with Crippen LogP contribution in [0, 0.1) is 35.5 Å². The maximum atomic E-state index is 3.47. The molecular weight excluding hydrogens is 408 g/mol. The van der Waals surface area contributed by atoms with Gasteiger partial charge in [-0.15, -0.1) is 0 Å². The molecule has 0 N–H and O–H groups in total. The Bertz CT molecular complexity index is 1460. The van der Waals surface area contributed by atoms with E-state index in [-0.39, 0.29) is 0 Å². The minimum absolute atomic E-state index is 0.512. The van der Waals surface area contributed by atoms with Crippen LogP contribution >= 0.6 is 0 Å². The molecule has 0 heteroatoms. The fourth-order valence-electron chi connectivity index (χ4n) is 7.06. The second-order valence-electron chi connectivity index (χ2n) is 10.3. The van der Waals surface area contributed by atoms with Crippen molar-refractivity contribution < 1.29 is 0 Å². The summed E-state index contributed by atoms with van der Waals surface area (Å²) in [5.41, 5.74) is 13.7. The molecule has 0 fully saturated rings. The number of rotatable bonds is 0. The monoisotopic (exact) mass is 432 g/mol. The molecule has 0 saturated heterocycles. The van der Waals surface area contributed by atoms with Gasteiger partial charge >= 0.3 is 0 Å². The average Bonchev–Trinajstić information content (AvgIpc) is 3.68. The highest BCUT2D eigenvalue weighted by Crippen LogP contribution is 2.55. The number of benzene rings is 3. The summed E-state index contributed by atoms with van der Waals surface area (Å²) in [7, 11) is 0. The summed E-state index contributed by atoms with van der Waals surface area (Å²) in [4.78, 5) is 0. The van der Waals surface area contributed by atoms with Crippen molar-refractivity contribution in [1.29, 1.82) is 0 Å². The molecule has 0 radical (unpaired) electrons. The van der Waals surface area contributed by atoms with Crippen molar-refractivity contribution in [3.8, 4) is 11.8 Å². The van der Waals surface area contributed by atoms with Gasteiger partial charge < -0.3 is 0 Å². The summed E-state index contributed by atoms with van der Waals surface area (Å²) in [5.74, 6) is 8.99. The average molecular weight is 433 g/mol. The summed E-state index contributed by atoms with van der Waals surface area (Å²) in [6.45, 7) is 0. The van der Waals surface area contributed by atoms with E-state index in [0.717, 1.165) is 11.1 Å². The maximum Gasteiger partial charge on any atom is 0.0255 e. The predicted octanol–water partition coefficient (Wildman–Crippen LogP) is 7.63. The van der Waals surface area contributed by atoms with Gasteiger partial charge in [0.2, 0.25) is 0 Å². The van der Waals surface area contributed by atoms with Crippen LogP contribution in [0.3, 0.4) is 0 Å². The first-order valence-electron chi connectivity index (χ1n) is 12.5. The van der Waals surface area contributed by atoms with Crippen molar-refractivity contribution >= 4 is 22.3 Å². The standard InChI is InChI=1S/C34H24/c1-4-21-10-11-22-5-2-7-24(17-22)32-28-13-15-30(20-28)34(32)26-9-3-8-25(18-26)33-29-14-12-27(19-29)31(33)23(6-1)16-21/h1-9,12-18,27-30H,19-20H2/t27-,28+,29+,30-. The van der Waals surface area contributed by atoms with Crippen LogP contribution < -0.4 is 0 Å². The van der Waals surface area contributed by atoms with E-state index in [1.54, 1.807) is 0 Å². The minimum Gasteiger partial charge on any atom is -0.0803 e. The normalized spacial score (nSPS) is 26.7.